The molecule has 0 bridgehead atoms. The molecule has 0 aromatic heterocycles. The predicted molar refractivity (Wildman–Crippen MR) is 61.2 cm³/mol. The molecule has 0 unspecified atom stereocenters. The van der Waals surface area contributed by atoms with Gasteiger partial charge in [0.15, 0.2) is 0 Å². The van der Waals surface area contributed by atoms with Crippen LogP contribution in [-0.4, -0.2) is 35.1 Å². The molecule has 0 aliphatic carbocycles. The van der Waals surface area contributed by atoms with E-state index in [0.29, 0.717) is 18.6 Å². The number of rotatable bonds is 3. The van der Waals surface area contributed by atoms with Crippen molar-refractivity contribution >= 4 is 6.09 Å². The fourth-order valence-electron chi connectivity index (χ4n) is 1.97. The summed E-state index contributed by atoms with van der Waals surface area (Å²) in [6.07, 6.45) is -1.46. The minimum Gasteiger partial charge on any atom is -0.487 e. The van der Waals surface area contributed by atoms with E-state index in [0.717, 1.165) is 5.56 Å². The van der Waals surface area contributed by atoms with Gasteiger partial charge in [-0.15, -0.1) is 0 Å². The van der Waals surface area contributed by atoms with E-state index in [1.807, 2.05) is 0 Å². The number of aryl methyl sites for hydroxylation is 1. The zero-order valence-corrected chi connectivity index (χ0v) is 9.60. The molecule has 0 radical (unpaired) electrons. The summed E-state index contributed by atoms with van der Waals surface area (Å²) in [4.78, 5) is 10.3. The lowest BCUT2D eigenvalue weighted by molar-refractivity contribution is 0.0248. The first-order valence-electron chi connectivity index (χ1n) is 5.66. The van der Waals surface area contributed by atoms with Gasteiger partial charge in [-0.3, -0.25) is 0 Å². The highest BCUT2D eigenvalue weighted by atomic mass is 19.1. The van der Waals surface area contributed by atoms with Crippen LogP contribution in [0, 0.1) is 5.82 Å². The van der Waals surface area contributed by atoms with Gasteiger partial charge in [-0.05, 0) is 36.6 Å². The Morgan fingerprint density at radius 3 is 3.11 bits per heavy atom. The van der Waals surface area contributed by atoms with Crippen molar-refractivity contribution in [1.82, 2.24) is 5.32 Å². The number of amides is 1. The van der Waals surface area contributed by atoms with E-state index in [9.17, 15) is 14.3 Å². The second-order valence-electron chi connectivity index (χ2n) is 4.20. The molecule has 1 aromatic rings. The largest absolute Gasteiger partial charge is 0.487 e. The zero-order valence-electron chi connectivity index (χ0n) is 9.60. The Labute approximate surface area is 103 Å². The van der Waals surface area contributed by atoms with Gasteiger partial charge in [-0.2, -0.15) is 0 Å². The smallest absolute Gasteiger partial charge is 0.404 e. The number of halogens is 1. The van der Waals surface area contributed by atoms with Crippen LogP contribution >= 0.6 is 0 Å². The number of aliphatic hydroxyl groups is 1. The summed E-state index contributed by atoms with van der Waals surface area (Å²) in [6.45, 7) is -0.0868. The van der Waals surface area contributed by atoms with Gasteiger partial charge in [0.25, 0.3) is 0 Å². The standard InChI is InChI=1S/C12H14FNO4/c13-8-2-4-10-7(5-8)1-3-11(18-10)9(15)6-14-12(16)17/h2,4-5,9,11,14-15H,1,3,6H2,(H,16,17)/t9-,11-/m0/s1. The third kappa shape index (κ3) is 2.89. The van der Waals surface area contributed by atoms with Crippen LogP contribution in [0.3, 0.4) is 0 Å². The number of hydrogen-bond acceptors (Lipinski definition) is 3. The van der Waals surface area contributed by atoms with Crippen LogP contribution in [0.4, 0.5) is 9.18 Å². The summed E-state index contributed by atoms with van der Waals surface area (Å²) in [6, 6.07) is 4.23. The Morgan fingerprint density at radius 2 is 2.39 bits per heavy atom. The predicted octanol–water partition coefficient (Wildman–Crippen LogP) is 1.15. The lowest BCUT2D eigenvalue weighted by Gasteiger charge is -2.29. The number of carbonyl (C=O) groups is 1. The van der Waals surface area contributed by atoms with Crippen LogP contribution in [0.2, 0.25) is 0 Å². The van der Waals surface area contributed by atoms with E-state index < -0.39 is 18.3 Å². The maximum absolute atomic E-state index is 13.0. The summed E-state index contributed by atoms with van der Waals surface area (Å²) in [5.41, 5.74) is 0.768. The average molecular weight is 255 g/mol. The van der Waals surface area contributed by atoms with E-state index >= 15 is 0 Å². The van der Waals surface area contributed by atoms with Gasteiger partial charge in [-0.25, -0.2) is 9.18 Å². The number of benzene rings is 1. The van der Waals surface area contributed by atoms with E-state index in [1.165, 1.54) is 18.2 Å². The third-order valence-corrected chi connectivity index (χ3v) is 2.89. The van der Waals surface area contributed by atoms with Crippen molar-refractivity contribution in [2.45, 2.75) is 25.0 Å². The minimum atomic E-state index is -1.19. The molecule has 2 atom stereocenters. The van der Waals surface area contributed by atoms with Gasteiger partial charge in [0.1, 0.15) is 23.8 Å². The number of carboxylic acid groups (broad SMARTS) is 1. The Balaban J connectivity index is 1.98. The van der Waals surface area contributed by atoms with Crippen LogP contribution < -0.4 is 10.1 Å². The van der Waals surface area contributed by atoms with Crippen molar-refractivity contribution in [2.24, 2.45) is 0 Å². The number of nitrogens with one attached hydrogen (secondary N) is 1. The molecule has 6 heteroatoms. The van der Waals surface area contributed by atoms with Crippen molar-refractivity contribution < 1.29 is 24.1 Å². The van der Waals surface area contributed by atoms with Crippen LogP contribution in [-0.2, 0) is 6.42 Å². The molecule has 0 saturated heterocycles. The Kier molecular flexibility index (Phi) is 3.66. The summed E-state index contributed by atoms with van der Waals surface area (Å²) in [5.74, 6) is 0.228. The second kappa shape index (κ2) is 5.22. The fourth-order valence-corrected chi connectivity index (χ4v) is 1.97. The highest BCUT2D eigenvalue weighted by molar-refractivity contribution is 5.64. The first-order chi connectivity index (χ1) is 8.56. The summed E-state index contributed by atoms with van der Waals surface area (Å²) >= 11 is 0. The molecule has 98 valence electrons. The zero-order chi connectivity index (χ0) is 13.1. The van der Waals surface area contributed by atoms with E-state index in [4.69, 9.17) is 9.84 Å². The van der Waals surface area contributed by atoms with Crippen molar-refractivity contribution in [3.8, 4) is 5.75 Å². The van der Waals surface area contributed by atoms with E-state index in [-0.39, 0.29) is 12.4 Å². The summed E-state index contributed by atoms with van der Waals surface area (Å²) in [7, 11) is 0. The summed E-state index contributed by atoms with van der Waals surface area (Å²) in [5, 5.41) is 20.3. The van der Waals surface area contributed by atoms with Gasteiger partial charge in [0.2, 0.25) is 0 Å². The first-order valence-corrected chi connectivity index (χ1v) is 5.66. The van der Waals surface area contributed by atoms with Gasteiger partial charge in [-0.1, -0.05) is 0 Å². The SMILES string of the molecule is O=C(O)NC[C@H](O)[C@@H]1CCc2cc(F)ccc2O1. The molecule has 18 heavy (non-hydrogen) atoms. The molecule has 5 nitrogen and oxygen atoms in total. The monoisotopic (exact) mass is 255 g/mol. The molecule has 1 aromatic carbocycles. The number of aliphatic hydroxyl groups excluding tert-OH is 1. The van der Waals surface area contributed by atoms with Gasteiger partial charge in [0.05, 0.1) is 6.54 Å². The Hall–Kier alpha value is -1.82. The minimum absolute atomic E-state index is 0.0868. The normalized spacial score (nSPS) is 19.6. The molecule has 1 aliphatic rings. The quantitative estimate of drug-likeness (QED) is 0.757. The van der Waals surface area contributed by atoms with Crippen LogP contribution in [0.1, 0.15) is 12.0 Å². The summed E-state index contributed by atoms with van der Waals surface area (Å²) < 4.78 is 18.5. The van der Waals surface area contributed by atoms with Crippen LogP contribution in [0.15, 0.2) is 18.2 Å². The lowest BCUT2D eigenvalue weighted by atomic mass is 9.99. The molecule has 1 amide bonds. The average Bonchev–Trinajstić information content (AvgIpc) is 2.35. The lowest BCUT2D eigenvalue weighted by Crippen LogP contribution is -2.42. The molecule has 0 spiro atoms. The van der Waals surface area contributed by atoms with Crippen LogP contribution in [0.5, 0.6) is 5.75 Å². The van der Waals surface area contributed by atoms with Crippen molar-refractivity contribution in [3.63, 3.8) is 0 Å². The number of hydrogen-bond donors (Lipinski definition) is 3. The molecule has 2 rings (SSSR count). The number of ether oxygens (including phenoxy) is 1. The molecule has 0 fully saturated rings. The van der Waals surface area contributed by atoms with E-state index in [2.05, 4.69) is 5.32 Å². The van der Waals surface area contributed by atoms with Gasteiger partial charge >= 0.3 is 6.09 Å². The van der Waals surface area contributed by atoms with Crippen molar-refractivity contribution in [1.29, 1.82) is 0 Å². The third-order valence-electron chi connectivity index (χ3n) is 2.89. The van der Waals surface area contributed by atoms with E-state index in [1.54, 1.807) is 0 Å². The molecule has 3 N–H and O–H groups in total. The van der Waals surface area contributed by atoms with Crippen molar-refractivity contribution in [2.75, 3.05) is 6.54 Å². The molecule has 1 heterocycles. The van der Waals surface area contributed by atoms with Gasteiger partial charge < -0.3 is 20.3 Å². The fraction of sp³-hybridized carbons (Fsp3) is 0.417. The van der Waals surface area contributed by atoms with Gasteiger partial charge in [0, 0.05) is 0 Å². The highest BCUT2D eigenvalue weighted by Crippen LogP contribution is 2.29. The molecular weight excluding hydrogens is 241 g/mol. The maximum atomic E-state index is 13.0. The van der Waals surface area contributed by atoms with Crippen molar-refractivity contribution in [3.05, 3.63) is 29.6 Å². The molecule has 0 saturated carbocycles. The maximum Gasteiger partial charge on any atom is 0.404 e. The topological polar surface area (TPSA) is 78.8 Å². The first kappa shape index (κ1) is 12.6. The number of fused-ring (bicyclic) bond motifs is 1. The molecular formula is C12H14FNO4. The second-order valence-corrected chi connectivity index (χ2v) is 4.20. The Bertz CT molecular complexity index is 452. The Morgan fingerprint density at radius 1 is 1.61 bits per heavy atom. The van der Waals surface area contributed by atoms with Crippen LogP contribution in [0.25, 0.3) is 0 Å². The highest BCUT2D eigenvalue weighted by Gasteiger charge is 2.26. The molecule has 1 aliphatic heterocycles.